The van der Waals surface area contributed by atoms with Crippen molar-refractivity contribution in [3.8, 4) is 5.75 Å². The Bertz CT molecular complexity index is 451. The van der Waals surface area contributed by atoms with Crippen molar-refractivity contribution in [2.75, 3.05) is 0 Å². The molecule has 1 aromatic carbocycles. The first kappa shape index (κ1) is 12.0. The van der Waals surface area contributed by atoms with Crippen molar-refractivity contribution < 1.29 is 33.0 Å². The van der Waals surface area contributed by atoms with E-state index in [1.165, 1.54) is 0 Å². The van der Waals surface area contributed by atoms with Crippen LogP contribution < -0.4 is 0 Å². The van der Waals surface area contributed by atoms with E-state index in [4.69, 9.17) is 10.2 Å². The third-order valence-electron chi connectivity index (χ3n) is 1.76. The van der Waals surface area contributed by atoms with Crippen LogP contribution in [0.4, 0.5) is 13.2 Å². The number of Topliss-reactive ketones (excluding diaryl/α,β-unsaturated/α-hetero) is 1. The first-order valence-electron chi connectivity index (χ1n) is 3.91. The number of aromatic hydroxyl groups is 1. The second kappa shape index (κ2) is 3.84. The molecule has 1 aromatic rings. The second-order valence-corrected chi connectivity index (χ2v) is 2.86. The highest BCUT2D eigenvalue weighted by Crippen LogP contribution is 2.32. The van der Waals surface area contributed by atoms with Gasteiger partial charge in [0.1, 0.15) is 5.75 Å². The monoisotopic (exact) mass is 234 g/mol. The molecule has 0 unspecified atom stereocenters. The lowest BCUT2D eigenvalue weighted by Gasteiger charge is -2.08. The van der Waals surface area contributed by atoms with E-state index in [0.29, 0.717) is 18.2 Å². The zero-order chi connectivity index (χ0) is 12.5. The third-order valence-corrected chi connectivity index (χ3v) is 1.76. The lowest BCUT2D eigenvalue weighted by atomic mass is 10.1. The molecule has 0 atom stereocenters. The largest absolute Gasteiger partial charge is 0.507 e. The van der Waals surface area contributed by atoms with E-state index in [1.807, 2.05) is 0 Å². The van der Waals surface area contributed by atoms with Gasteiger partial charge in [-0.2, -0.15) is 13.2 Å². The maximum absolute atomic E-state index is 12.1. The van der Waals surface area contributed by atoms with Crippen LogP contribution >= 0.6 is 0 Å². The molecule has 0 aromatic heterocycles. The maximum Gasteiger partial charge on any atom is 0.416 e. The van der Waals surface area contributed by atoms with Crippen LogP contribution in [0.15, 0.2) is 18.2 Å². The summed E-state index contributed by atoms with van der Waals surface area (Å²) >= 11 is 0. The van der Waals surface area contributed by atoms with Crippen LogP contribution in [0.25, 0.3) is 0 Å². The number of phenolic OH excluding ortho intramolecular Hbond substituents is 1. The Hall–Kier alpha value is -2.05. The van der Waals surface area contributed by atoms with Gasteiger partial charge in [-0.15, -0.1) is 0 Å². The Morgan fingerprint density at radius 2 is 1.75 bits per heavy atom. The topological polar surface area (TPSA) is 74.6 Å². The molecule has 7 heteroatoms. The van der Waals surface area contributed by atoms with Crippen molar-refractivity contribution in [3.63, 3.8) is 0 Å². The summed E-state index contributed by atoms with van der Waals surface area (Å²) in [6.07, 6.45) is -4.66. The molecular weight excluding hydrogens is 229 g/mol. The van der Waals surface area contributed by atoms with Gasteiger partial charge in [-0.3, -0.25) is 4.79 Å². The molecule has 0 heterocycles. The van der Waals surface area contributed by atoms with Crippen LogP contribution in [0.1, 0.15) is 15.9 Å². The van der Waals surface area contributed by atoms with E-state index in [2.05, 4.69) is 0 Å². The minimum Gasteiger partial charge on any atom is -0.507 e. The molecule has 2 N–H and O–H groups in total. The van der Waals surface area contributed by atoms with E-state index in [1.54, 1.807) is 0 Å². The molecule has 0 bridgehead atoms. The van der Waals surface area contributed by atoms with Crippen molar-refractivity contribution in [1.29, 1.82) is 0 Å². The molecule has 0 aliphatic heterocycles. The molecule has 0 amide bonds. The van der Waals surface area contributed by atoms with Gasteiger partial charge in [-0.05, 0) is 18.2 Å². The molecule has 0 aliphatic carbocycles. The van der Waals surface area contributed by atoms with Gasteiger partial charge in [0.25, 0.3) is 5.78 Å². The summed E-state index contributed by atoms with van der Waals surface area (Å²) in [6.45, 7) is 0. The predicted molar refractivity (Wildman–Crippen MR) is 45.1 cm³/mol. The summed E-state index contributed by atoms with van der Waals surface area (Å²) < 4.78 is 36.4. The van der Waals surface area contributed by atoms with Crippen molar-refractivity contribution in [3.05, 3.63) is 29.3 Å². The average Bonchev–Trinajstić information content (AvgIpc) is 2.15. The number of hydrogen-bond acceptors (Lipinski definition) is 3. The standard InChI is InChI=1S/C9H5F3O4/c10-9(11,12)4-1-2-5(6(13)3-4)7(14)8(15)16/h1-3,13H,(H,15,16). The van der Waals surface area contributed by atoms with Gasteiger partial charge in [0.05, 0.1) is 11.1 Å². The van der Waals surface area contributed by atoms with Crippen LogP contribution in [0.2, 0.25) is 0 Å². The predicted octanol–water partition coefficient (Wildman–Crippen LogP) is 1.68. The number of carboxylic acids is 1. The molecule has 4 nitrogen and oxygen atoms in total. The van der Waals surface area contributed by atoms with E-state index in [0.717, 1.165) is 0 Å². The summed E-state index contributed by atoms with van der Waals surface area (Å²) in [4.78, 5) is 21.1. The summed E-state index contributed by atoms with van der Waals surface area (Å²) in [5.41, 5.74) is -1.84. The molecule has 1 rings (SSSR count). The smallest absolute Gasteiger partial charge is 0.416 e. The van der Waals surface area contributed by atoms with Crippen molar-refractivity contribution >= 4 is 11.8 Å². The molecule has 0 aliphatic rings. The van der Waals surface area contributed by atoms with Crippen molar-refractivity contribution in [2.45, 2.75) is 6.18 Å². The summed E-state index contributed by atoms with van der Waals surface area (Å²) in [7, 11) is 0. The zero-order valence-corrected chi connectivity index (χ0v) is 7.58. The highest BCUT2D eigenvalue weighted by molar-refractivity contribution is 6.40. The molecule has 0 saturated carbocycles. The van der Waals surface area contributed by atoms with Crippen LogP contribution in [0.3, 0.4) is 0 Å². The lowest BCUT2D eigenvalue weighted by Crippen LogP contribution is -2.13. The van der Waals surface area contributed by atoms with Crippen molar-refractivity contribution in [2.24, 2.45) is 0 Å². The summed E-state index contributed by atoms with van der Waals surface area (Å²) in [6, 6.07) is 1.45. The average molecular weight is 234 g/mol. The number of carbonyl (C=O) groups excluding carboxylic acids is 1. The Morgan fingerprint density at radius 3 is 2.12 bits per heavy atom. The van der Waals surface area contributed by atoms with E-state index >= 15 is 0 Å². The first-order valence-corrected chi connectivity index (χ1v) is 3.91. The summed E-state index contributed by atoms with van der Waals surface area (Å²) in [5, 5.41) is 17.4. The Labute approximate surface area is 86.9 Å². The summed E-state index contributed by atoms with van der Waals surface area (Å²) in [5.74, 6) is -4.33. The number of ketones is 1. The van der Waals surface area contributed by atoms with Gasteiger partial charge in [0.2, 0.25) is 0 Å². The number of carboxylic acid groups (broad SMARTS) is 1. The Kier molecular flexibility index (Phi) is 2.88. The van der Waals surface area contributed by atoms with E-state index in [-0.39, 0.29) is 0 Å². The number of hydrogen-bond donors (Lipinski definition) is 2. The third kappa shape index (κ3) is 2.30. The lowest BCUT2D eigenvalue weighted by molar-refractivity contribution is -0.137. The van der Waals surface area contributed by atoms with Crippen LogP contribution in [-0.4, -0.2) is 22.0 Å². The normalized spacial score (nSPS) is 11.2. The molecular formula is C9H5F3O4. The highest BCUT2D eigenvalue weighted by Gasteiger charge is 2.32. The van der Waals surface area contributed by atoms with E-state index < -0.39 is 34.8 Å². The van der Waals surface area contributed by atoms with Gasteiger partial charge in [0, 0.05) is 0 Å². The number of carbonyl (C=O) groups is 2. The molecule has 0 saturated heterocycles. The fourth-order valence-corrected chi connectivity index (χ4v) is 1.02. The zero-order valence-electron chi connectivity index (χ0n) is 7.58. The molecule has 0 radical (unpaired) electrons. The number of aliphatic carboxylic acids is 1. The number of rotatable bonds is 2. The van der Waals surface area contributed by atoms with Gasteiger partial charge in [-0.25, -0.2) is 4.79 Å². The quantitative estimate of drug-likeness (QED) is 0.603. The van der Waals surface area contributed by atoms with E-state index in [9.17, 15) is 22.8 Å². The van der Waals surface area contributed by atoms with Crippen molar-refractivity contribution in [1.82, 2.24) is 0 Å². The highest BCUT2D eigenvalue weighted by atomic mass is 19.4. The van der Waals surface area contributed by atoms with Gasteiger partial charge < -0.3 is 10.2 Å². The first-order chi connectivity index (χ1) is 7.23. The fraction of sp³-hybridized carbons (Fsp3) is 0.111. The van der Waals surface area contributed by atoms with Crippen LogP contribution in [0.5, 0.6) is 5.75 Å². The molecule has 16 heavy (non-hydrogen) atoms. The van der Waals surface area contributed by atoms with Gasteiger partial charge in [-0.1, -0.05) is 0 Å². The number of halogens is 3. The number of benzene rings is 1. The fourth-order valence-electron chi connectivity index (χ4n) is 1.02. The van der Waals surface area contributed by atoms with Gasteiger partial charge >= 0.3 is 12.1 Å². The second-order valence-electron chi connectivity index (χ2n) is 2.86. The number of phenols is 1. The minimum absolute atomic E-state index is 0.302. The Balaban J connectivity index is 3.20. The molecule has 86 valence electrons. The number of alkyl halides is 3. The molecule has 0 fully saturated rings. The molecule has 0 spiro atoms. The maximum atomic E-state index is 12.1. The van der Waals surface area contributed by atoms with Crippen LogP contribution in [0, 0.1) is 0 Å². The van der Waals surface area contributed by atoms with Crippen LogP contribution in [-0.2, 0) is 11.0 Å². The minimum atomic E-state index is -4.66. The Morgan fingerprint density at radius 1 is 1.19 bits per heavy atom. The SMILES string of the molecule is O=C(O)C(=O)c1ccc(C(F)(F)F)cc1O. The van der Waals surface area contributed by atoms with Gasteiger partial charge in [0.15, 0.2) is 0 Å².